The van der Waals surface area contributed by atoms with Crippen LogP contribution in [0.5, 0.6) is 0 Å². The summed E-state index contributed by atoms with van der Waals surface area (Å²) in [6, 6.07) is 5.39. The van der Waals surface area contributed by atoms with E-state index in [1.807, 2.05) is 20.0 Å². The number of carbonyl (C=O) groups is 1. The number of amides is 1. The molecule has 0 aromatic heterocycles. The van der Waals surface area contributed by atoms with Gasteiger partial charge in [0.1, 0.15) is 0 Å². The van der Waals surface area contributed by atoms with Crippen LogP contribution in [0, 0.1) is 12.8 Å². The SMILES string of the molecule is Cc1cc(C(=O)N(C)CC2CC(Cl)C2)ccc1Cl. The van der Waals surface area contributed by atoms with E-state index in [1.165, 1.54) is 0 Å². The highest BCUT2D eigenvalue weighted by atomic mass is 35.5. The molecule has 4 heteroatoms. The van der Waals surface area contributed by atoms with Crippen LogP contribution in [0.2, 0.25) is 5.02 Å². The zero-order chi connectivity index (χ0) is 13.3. The van der Waals surface area contributed by atoms with Gasteiger partial charge in [-0.1, -0.05) is 11.6 Å². The number of hydrogen-bond acceptors (Lipinski definition) is 1. The summed E-state index contributed by atoms with van der Waals surface area (Å²) in [5.74, 6) is 0.600. The second kappa shape index (κ2) is 5.50. The molecule has 98 valence electrons. The molecule has 1 saturated carbocycles. The van der Waals surface area contributed by atoms with Crippen LogP contribution in [0.25, 0.3) is 0 Å². The smallest absolute Gasteiger partial charge is 0.253 e. The van der Waals surface area contributed by atoms with Gasteiger partial charge in [0.25, 0.3) is 5.91 Å². The van der Waals surface area contributed by atoms with Crippen molar-refractivity contribution in [1.82, 2.24) is 4.90 Å². The number of aryl methyl sites for hydroxylation is 1. The van der Waals surface area contributed by atoms with Crippen LogP contribution in [0.3, 0.4) is 0 Å². The largest absolute Gasteiger partial charge is 0.341 e. The molecule has 0 aliphatic heterocycles. The first-order valence-electron chi connectivity index (χ1n) is 6.13. The molecule has 1 aromatic carbocycles. The minimum absolute atomic E-state index is 0.0489. The van der Waals surface area contributed by atoms with E-state index in [-0.39, 0.29) is 5.91 Å². The molecule has 2 nitrogen and oxygen atoms in total. The molecule has 1 aliphatic carbocycles. The lowest BCUT2D eigenvalue weighted by Crippen LogP contribution is -2.37. The maximum absolute atomic E-state index is 12.2. The third-order valence-corrected chi connectivity index (χ3v) is 4.24. The van der Waals surface area contributed by atoms with Crippen molar-refractivity contribution in [2.75, 3.05) is 13.6 Å². The molecule has 18 heavy (non-hydrogen) atoms. The van der Waals surface area contributed by atoms with Gasteiger partial charge in [-0.3, -0.25) is 4.79 Å². The molecule has 0 spiro atoms. The third kappa shape index (κ3) is 2.99. The molecule has 1 amide bonds. The Morgan fingerprint density at radius 1 is 1.44 bits per heavy atom. The molecular formula is C14H17Cl2NO. The molecule has 1 aromatic rings. The average Bonchev–Trinajstić information content (AvgIpc) is 2.29. The number of halogens is 2. The number of benzene rings is 1. The van der Waals surface area contributed by atoms with Crippen molar-refractivity contribution in [2.24, 2.45) is 5.92 Å². The van der Waals surface area contributed by atoms with E-state index in [1.54, 1.807) is 17.0 Å². The lowest BCUT2D eigenvalue weighted by molar-refractivity contribution is 0.0747. The van der Waals surface area contributed by atoms with Crippen molar-refractivity contribution in [2.45, 2.75) is 25.1 Å². The lowest BCUT2D eigenvalue weighted by atomic mass is 9.84. The Kier molecular flexibility index (Phi) is 4.18. The van der Waals surface area contributed by atoms with Crippen LogP contribution in [-0.2, 0) is 0 Å². The fraction of sp³-hybridized carbons (Fsp3) is 0.500. The maximum Gasteiger partial charge on any atom is 0.253 e. The first kappa shape index (κ1) is 13.7. The zero-order valence-electron chi connectivity index (χ0n) is 10.6. The molecule has 0 atom stereocenters. The topological polar surface area (TPSA) is 20.3 Å². The number of carbonyl (C=O) groups excluding carboxylic acids is 1. The van der Waals surface area contributed by atoms with E-state index in [2.05, 4.69) is 0 Å². The average molecular weight is 286 g/mol. The van der Waals surface area contributed by atoms with Gasteiger partial charge in [-0.2, -0.15) is 0 Å². The predicted molar refractivity (Wildman–Crippen MR) is 75.5 cm³/mol. The van der Waals surface area contributed by atoms with Crippen LogP contribution in [0.15, 0.2) is 18.2 Å². The normalized spacial score (nSPS) is 22.4. The van der Waals surface area contributed by atoms with Crippen LogP contribution in [0.1, 0.15) is 28.8 Å². The number of alkyl halides is 1. The summed E-state index contributed by atoms with van der Waals surface area (Å²) in [6.07, 6.45) is 2.03. The second-order valence-electron chi connectivity index (χ2n) is 5.08. The van der Waals surface area contributed by atoms with Crippen molar-refractivity contribution in [3.05, 3.63) is 34.3 Å². The van der Waals surface area contributed by atoms with Crippen LogP contribution in [-0.4, -0.2) is 29.8 Å². The molecule has 0 heterocycles. The predicted octanol–water partition coefficient (Wildman–Crippen LogP) is 3.74. The quantitative estimate of drug-likeness (QED) is 0.775. The maximum atomic E-state index is 12.2. The Hall–Kier alpha value is -0.730. The number of nitrogens with zero attached hydrogens (tertiary/aromatic N) is 1. The fourth-order valence-corrected chi connectivity index (χ4v) is 2.89. The van der Waals surface area contributed by atoms with Crippen molar-refractivity contribution < 1.29 is 4.79 Å². The Balaban J connectivity index is 1.99. The van der Waals surface area contributed by atoms with Gasteiger partial charge >= 0.3 is 0 Å². The molecule has 0 unspecified atom stereocenters. The van der Waals surface area contributed by atoms with Crippen molar-refractivity contribution in [3.8, 4) is 0 Å². The van der Waals surface area contributed by atoms with E-state index in [0.29, 0.717) is 21.9 Å². The summed E-state index contributed by atoms with van der Waals surface area (Å²) < 4.78 is 0. The molecule has 1 fully saturated rings. The van der Waals surface area contributed by atoms with Crippen molar-refractivity contribution in [1.29, 1.82) is 0 Å². The summed E-state index contributed by atoms with van der Waals surface area (Å²) in [4.78, 5) is 14.0. The molecule has 2 rings (SSSR count). The standard InChI is InChI=1S/C14H17Cl2NO/c1-9-5-11(3-4-13(9)16)14(18)17(2)8-10-6-12(15)7-10/h3-5,10,12H,6-8H2,1-2H3. The summed E-state index contributed by atoms with van der Waals surface area (Å²) in [5, 5.41) is 0.995. The van der Waals surface area contributed by atoms with Gasteiger partial charge in [0.2, 0.25) is 0 Å². The summed E-state index contributed by atoms with van der Waals surface area (Å²) in [7, 11) is 1.84. The lowest BCUT2D eigenvalue weighted by Gasteiger charge is -2.34. The molecule has 0 radical (unpaired) electrons. The molecular weight excluding hydrogens is 269 g/mol. The summed E-state index contributed by atoms with van der Waals surface area (Å²) in [5.41, 5.74) is 1.63. The summed E-state index contributed by atoms with van der Waals surface area (Å²) in [6.45, 7) is 2.69. The van der Waals surface area contributed by atoms with Crippen LogP contribution < -0.4 is 0 Å². The number of rotatable bonds is 3. The highest BCUT2D eigenvalue weighted by Crippen LogP contribution is 2.32. The van der Waals surface area contributed by atoms with Crippen LogP contribution in [0.4, 0.5) is 0 Å². The minimum Gasteiger partial charge on any atom is -0.341 e. The Morgan fingerprint density at radius 2 is 2.11 bits per heavy atom. The van der Waals surface area contributed by atoms with Gasteiger partial charge < -0.3 is 4.90 Å². The van der Waals surface area contributed by atoms with Crippen molar-refractivity contribution >= 4 is 29.1 Å². The van der Waals surface area contributed by atoms with Crippen LogP contribution >= 0.6 is 23.2 Å². The van der Waals surface area contributed by atoms with E-state index in [0.717, 1.165) is 24.9 Å². The van der Waals surface area contributed by atoms with Gasteiger partial charge in [-0.05, 0) is 49.4 Å². The molecule has 0 bridgehead atoms. The van der Waals surface area contributed by atoms with E-state index in [9.17, 15) is 4.79 Å². The third-order valence-electron chi connectivity index (χ3n) is 3.46. The van der Waals surface area contributed by atoms with Gasteiger partial charge in [0.15, 0.2) is 0 Å². The highest BCUT2D eigenvalue weighted by molar-refractivity contribution is 6.31. The number of hydrogen-bond donors (Lipinski definition) is 0. The zero-order valence-corrected chi connectivity index (χ0v) is 12.1. The van der Waals surface area contributed by atoms with Gasteiger partial charge in [0, 0.05) is 29.6 Å². The fourth-order valence-electron chi connectivity index (χ4n) is 2.27. The minimum atomic E-state index is 0.0489. The molecule has 0 N–H and O–H groups in total. The monoisotopic (exact) mass is 285 g/mol. The van der Waals surface area contributed by atoms with Gasteiger partial charge in [-0.15, -0.1) is 11.6 Å². The highest BCUT2D eigenvalue weighted by Gasteiger charge is 2.29. The first-order valence-corrected chi connectivity index (χ1v) is 6.94. The van der Waals surface area contributed by atoms with E-state index in [4.69, 9.17) is 23.2 Å². The molecule has 0 saturated heterocycles. The van der Waals surface area contributed by atoms with E-state index >= 15 is 0 Å². The Bertz CT molecular complexity index is 455. The Morgan fingerprint density at radius 3 is 2.67 bits per heavy atom. The first-order chi connectivity index (χ1) is 8.47. The van der Waals surface area contributed by atoms with E-state index < -0.39 is 0 Å². The second-order valence-corrected chi connectivity index (χ2v) is 6.11. The van der Waals surface area contributed by atoms with Gasteiger partial charge in [0.05, 0.1) is 0 Å². The van der Waals surface area contributed by atoms with Crippen molar-refractivity contribution in [3.63, 3.8) is 0 Å². The summed E-state index contributed by atoms with van der Waals surface area (Å²) >= 11 is 11.9. The van der Waals surface area contributed by atoms with Gasteiger partial charge in [-0.25, -0.2) is 0 Å². The molecule has 1 aliphatic rings. The Labute approximate surface area is 118 Å².